The second-order valence-corrected chi connectivity index (χ2v) is 12.3. The normalized spacial score (nSPS) is 11.6. The molecule has 0 amide bonds. The average molecular weight is 592 g/mol. The Hall–Kier alpha value is -5.71. The molecule has 0 N–H and O–H groups in total. The molecule has 9 rings (SSSR count). The van der Waals surface area contributed by atoms with E-state index in [9.17, 15) is 0 Å². The van der Waals surface area contributed by atoms with E-state index < -0.39 is 0 Å². The Balaban J connectivity index is 1.30. The zero-order valence-corrected chi connectivity index (χ0v) is 25.0. The first-order valence-electron chi connectivity index (χ1n) is 15.0. The summed E-state index contributed by atoms with van der Waals surface area (Å²) in [6.45, 7) is 0. The summed E-state index contributed by atoms with van der Waals surface area (Å²) in [6, 6.07) is 52.9. The first-order valence-corrected chi connectivity index (χ1v) is 15.9. The van der Waals surface area contributed by atoms with Crippen molar-refractivity contribution in [2.75, 3.05) is 0 Å². The van der Waals surface area contributed by atoms with Crippen molar-refractivity contribution in [1.29, 1.82) is 0 Å². The quantitative estimate of drug-likeness (QED) is 0.191. The van der Waals surface area contributed by atoms with Gasteiger partial charge in [0.2, 0.25) is 0 Å². The minimum atomic E-state index is 0.689. The van der Waals surface area contributed by atoms with Crippen LogP contribution in [0.2, 0.25) is 0 Å². The molecule has 210 valence electrons. The van der Waals surface area contributed by atoms with Crippen molar-refractivity contribution in [3.05, 3.63) is 152 Å². The molecule has 6 aromatic carbocycles. The molecule has 4 heteroatoms. The van der Waals surface area contributed by atoms with Gasteiger partial charge in [-0.25, -0.2) is 15.0 Å². The molecule has 0 unspecified atom stereocenters. The fourth-order valence-electron chi connectivity index (χ4n) is 6.33. The van der Waals surface area contributed by atoms with Crippen molar-refractivity contribution in [2.45, 2.75) is 0 Å². The molecule has 0 saturated carbocycles. The summed E-state index contributed by atoms with van der Waals surface area (Å²) >= 11 is 1.84. The molecule has 0 radical (unpaired) electrons. The van der Waals surface area contributed by atoms with Crippen LogP contribution in [-0.2, 0) is 0 Å². The summed E-state index contributed by atoms with van der Waals surface area (Å²) in [6.07, 6.45) is 0. The monoisotopic (exact) mass is 591 g/mol. The molecule has 0 atom stereocenters. The average Bonchev–Trinajstić information content (AvgIpc) is 3.51. The Bertz CT molecular complexity index is 2480. The van der Waals surface area contributed by atoms with E-state index in [-0.39, 0.29) is 0 Å². The number of nitrogens with zero attached hydrogens (tertiary/aromatic N) is 3. The lowest BCUT2D eigenvalue weighted by molar-refractivity contribution is 1.18. The van der Waals surface area contributed by atoms with Crippen LogP contribution in [-0.4, -0.2) is 15.0 Å². The number of para-hydroxylation sites is 1. The fourth-order valence-corrected chi connectivity index (χ4v) is 7.58. The van der Waals surface area contributed by atoms with Crippen LogP contribution < -0.4 is 0 Å². The molecular weight excluding hydrogens is 567 g/mol. The highest BCUT2D eigenvalue weighted by Crippen LogP contribution is 2.44. The molecular formula is C41H25N3S. The van der Waals surface area contributed by atoms with Gasteiger partial charge in [0.1, 0.15) is 0 Å². The van der Waals surface area contributed by atoms with E-state index in [1.165, 1.54) is 30.9 Å². The Morgan fingerprint density at radius 3 is 1.76 bits per heavy atom. The summed E-state index contributed by atoms with van der Waals surface area (Å²) in [4.78, 5) is 15.5. The summed E-state index contributed by atoms with van der Waals surface area (Å²) < 4.78 is 2.55. The van der Waals surface area contributed by atoms with Gasteiger partial charge in [0.05, 0.1) is 22.6 Å². The molecule has 45 heavy (non-hydrogen) atoms. The molecule has 3 heterocycles. The predicted molar refractivity (Wildman–Crippen MR) is 189 cm³/mol. The number of benzene rings is 6. The zero-order chi connectivity index (χ0) is 29.7. The minimum absolute atomic E-state index is 0.689. The van der Waals surface area contributed by atoms with Crippen molar-refractivity contribution in [3.8, 4) is 45.2 Å². The van der Waals surface area contributed by atoms with Crippen LogP contribution in [0, 0.1) is 0 Å². The first-order chi connectivity index (χ1) is 22.3. The van der Waals surface area contributed by atoms with Gasteiger partial charge >= 0.3 is 0 Å². The summed E-state index contributed by atoms with van der Waals surface area (Å²) in [7, 11) is 0. The molecule has 0 bridgehead atoms. The molecule has 3 nitrogen and oxygen atoms in total. The maximum Gasteiger partial charge on any atom is 0.160 e. The Morgan fingerprint density at radius 2 is 1.00 bits per heavy atom. The van der Waals surface area contributed by atoms with Crippen LogP contribution in [0.15, 0.2) is 152 Å². The number of hydrogen-bond donors (Lipinski definition) is 0. The SMILES string of the molecule is c1ccc(-c2cc(-c3ccccc3)nc(-c3cccc(-c4nc5ccccc5c5ccc6c7ccccc7sc6c45)c3)n2)cc1. The van der Waals surface area contributed by atoms with Gasteiger partial charge in [0, 0.05) is 53.2 Å². The molecule has 3 aromatic heterocycles. The third-order valence-corrected chi connectivity index (χ3v) is 9.67. The number of hydrogen-bond acceptors (Lipinski definition) is 4. The number of thiophene rings is 1. The summed E-state index contributed by atoms with van der Waals surface area (Å²) in [5, 5.41) is 6.12. The fraction of sp³-hybridized carbons (Fsp3) is 0. The van der Waals surface area contributed by atoms with Gasteiger partial charge in [-0.3, -0.25) is 0 Å². The van der Waals surface area contributed by atoms with E-state index in [1.54, 1.807) is 0 Å². The lowest BCUT2D eigenvalue weighted by atomic mass is 9.97. The van der Waals surface area contributed by atoms with Crippen molar-refractivity contribution >= 4 is 53.2 Å². The van der Waals surface area contributed by atoms with Crippen molar-refractivity contribution in [3.63, 3.8) is 0 Å². The third-order valence-electron chi connectivity index (χ3n) is 8.47. The largest absolute Gasteiger partial charge is 0.247 e. The van der Waals surface area contributed by atoms with Gasteiger partial charge in [0.15, 0.2) is 5.82 Å². The Labute approximate surface area is 264 Å². The number of pyridine rings is 1. The third kappa shape index (κ3) is 4.38. The van der Waals surface area contributed by atoms with Gasteiger partial charge in [-0.2, -0.15) is 0 Å². The molecule has 0 aliphatic heterocycles. The molecule has 9 aromatic rings. The van der Waals surface area contributed by atoms with E-state index >= 15 is 0 Å². The minimum Gasteiger partial charge on any atom is -0.247 e. The van der Waals surface area contributed by atoms with Crippen LogP contribution >= 0.6 is 11.3 Å². The van der Waals surface area contributed by atoms with E-state index in [0.717, 1.165) is 50.2 Å². The van der Waals surface area contributed by atoms with E-state index in [2.05, 4.69) is 115 Å². The number of aromatic nitrogens is 3. The van der Waals surface area contributed by atoms with E-state index in [0.29, 0.717) is 5.82 Å². The van der Waals surface area contributed by atoms with E-state index in [4.69, 9.17) is 15.0 Å². The van der Waals surface area contributed by atoms with Crippen LogP contribution in [0.5, 0.6) is 0 Å². The smallest absolute Gasteiger partial charge is 0.160 e. The number of rotatable bonds is 4. The van der Waals surface area contributed by atoms with Crippen LogP contribution in [0.1, 0.15) is 0 Å². The van der Waals surface area contributed by atoms with Gasteiger partial charge in [0.25, 0.3) is 0 Å². The van der Waals surface area contributed by atoms with Crippen LogP contribution in [0.3, 0.4) is 0 Å². The highest BCUT2D eigenvalue weighted by Gasteiger charge is 2.18. The lowest BCUT2D eigenvalue weighted by Gasteiger charge is -2.13. The summed E-state index contributed by atoms with van der Waals surface area (Å²) in [5.41, 5.74) is 7.87. The van der Waals surface area contributed by atoms with Gasteiger partial charge in [-0.1, -0.05) is 127 Å². The second-order valence-electron chi connectivity index (χ2n) is 11.2. The van der Waals surface area contributed by atoms with Gasteiger partial charge < -0.3 is 0 Å². The standard InChI is InChI=1S/C41H25N3S/c1-3-12-26(13-4-1)35-25-36(27-14-5-2-6-15-27)44-41(43-35)29-17-11-16-28(24-29)39-38-32(30-18-7-9-20-34(30)42-39)22-23-33-31-19-8-10-21-37(31)45-40(33)38/h1-25H. The maximum absolute atomic E-state index is 5.32. The topological polar surface area (TPSA) is 38.7 Å². The van der Waals surface area contributed by atoms with Crippen LogP contribution in [0.4, 0.5) is 0 Å². The van der Waals surface area contributed by atoms with E-state index in [1.807, 2.05) is 47.7 Å². The Kier molecular flexibility index (Phi) is 6.00. The highest BCUT2D eigenvalue weighted by atomic mass is 32.1. The molecule has 0 saturated heterocycles. The molecule has 0 fully saturated rings. The van der Waals surface area contributed by atoms with Crippen LogP contribution in [0.25, 0.3) is 87.0 Å². The van der Waals surface area contributed by atoms with Gasteiger partial charge in [-0.15, -0.1) is 11.3 Å². The molecule has 0 spiro atoms. The van der Waals surface area contributed by atoms with Crippen molar-refractivity contribution < 1.29 is 0 Å². The Morgan fingerprint density at radius 1 is 0.400 bits per heavy atom. The predicted octanol–water partition coefficient (Wildman–Crippen LogP) is 11.2. The van der Waals surface area contributed by atoms with Gasteiger partial charge in [-0.05, 0) is 29.7 Å². The summed E-state index contributed by atoms with van der Waals surface area (Å²) in [5.74, 6) is 0.689. The number of fused-ring (bicyclic) bond motifs is 7. The maximum atomic E-state index is 5.32. The van der Waals surface area contributed by atoms with Crippen molar-refractivity contribution in [2.24, 2.45) is 0 Å². The molecule has 0 aliphatic carbocycles. The first kappa shape index (κ1) is 25.8. The lowest BCUT2D eigenvalue weighted by Crippen LogP contribution is -1.96. The van der Waals surface area contributed by atoms with Crippen molar-refractivity contribution in [1.82, 2.24) is 15.0 Å². The zero-order valence-electron chi connectivity index (χ0n) is 24.2. The second kappa shape index (κ2) is 10.5. The highest BCUT2D eigenvalue weighted by molar-refractivity contribution is 7.26. The molecule has 0 aliphatic rings.